The van der Waals surface area contributed by atoms with Gasteiger partial charge in [-0.2, -0.15) is 0 Å². The Morgan fingerprint density at radius 2 is 2.00 bits per heavy atom. The molecular formula is C10H15NO4. The molecular weight excluding hydrogens is 198 g/mol. The van der Waals surface area contributed by atoms with Gasteiger partial charge in [0.1, 0.15) is 5.60 Å². The van der Waals surface area contributed by atoms with Crippen LogP contribution in [0.3, 0.4) is 0 Å². The zero-order chi connectivity index (χ0) is 11.4. The van der Waals surface area contributed by atoms with Crippen molar-refractivity contribution >= 4 is 12.1 Å². The number of carboxylic acid groups (broad SMARTS) is 1. The van der Waals surface area contributed by atoms with Gasteiger partial charge in [-0.15, -0.1) is 0 Å². The highest BCUT2D eigenvalue weighted by Gasteiger charge is 2.68. The van der Waals surface area contributed by atoms with Gasteiger partial charge in [0.05, 0.1) is 12.0 Å². The standard InChI is InChI=1S/C10H15NO4/c1-10(2,3)15-9(14)11-4-5-6(7(5)11)8(12)13/h5-7H,4H2,1-3H3,(H,12,13). The summed E-state index contributed by atoms with van der Waals surface area (Å²) in [4.78, 5) is 23.8. The predicted molar refractivity (Wildman–Crippen MR) is 51.3 cm³/mol. The van der Waals surface area contributed by atoms with Gasteiger partial charge in [-0.1, -0.05) is 0 Å². The molecule has 3 unspecified atom stereocenters. The van der Waals surface area contributed by atoms with Crippen molar-refractivity contribution in [3.8, 4) is 0 Å². The van der Waals surface area contributed by atoms with E-state index in [1.807, 2.05) is 0 Å². The van der Waals surface area contributed by atoms with Gasteiger partial charge in [0.15, 0.2) is 0 Å². The van der Waals surface area contributed by atoms with Crippen LogP contribution in [0.5, 0.6) is 0 Å². The van der Waals surface area contributed by atoms with E-state index >= 15 is 0 Å². The topological polar surface area (TPSA) is 66.8 Å². The molecule has 1 saturated heterocycles. The van der Waals surface area contributed by atoms with E-state index < -0.39 is 17.7 Å². The largest absolute Gasteiger partial charge is 0.481 e. The third kappa shape index (κ3) is 1.66. The number of fused-ring (bicyclic) bond motifs is 1. The van der Waals surface area contributed by atoms with Crippen molar-refractivity contribution in [2.24, 2.45) is 11.8 Å². The van der Waals surface area contributed by atoms with E-state index in [0.29, 0.717) is 6.54 Å². The molecule has 2 rings (SSSR count). The van der Waals surface area contributed by atoms with Crippen molar-refractivity contribution in [2.75, 3.05) is 6.54 Å². The molecule has 2 fully saturated rings. The number of ether oxygens (including phenoxy) is 1. The number of likely N-dealkylation sites (tertiary alicyclic amines) is 1. The van der Waals surface area contributed by atoms with E-state index in [1.165, 1.54) is 4.90 Å². The molecule has 0 aromatic carbocycles. The van der Waals surface area contributed by atoms with E-state index in [1.54, 1.807) is 20.8 Å². The summed E-state index contributed by atoms with van der Waals surface area (Å²) in [6, 6.07) is -0.114. The first-order chi connectivity index (χ1) is 6.81. The second-order valence-electron chi connectivity index (χ2n) is 5.15. The molecule has 3 atom stereocenters. The lowest BCUT2D eigenvalue weighted by Crippen LogP contribution is -2.46. The number of hydrogen-bond donors (Lipinski definition) is 1. The second-order valence-corrected chi connectivity index (χ2v) is 5.15. The average Bonchev–Trinajstić information content (AvgIpc) is 2.50. The third-order valence-corrected chi connectivity index (χ3v) is 2.81. The van der Waals surface area contributed by atoms with Crippen LogP contribution in [-0.2, 0) is 9.53 Å². The molecule has 0 bridgehead atoms. The second kappa shape index (κ2) is 2.87. The summed E-state index contributed by atoms with van der Waals surface area (Å²) in [6.45, 7) is 5.91. The molecule has 0 aromatic heterocycles. The highest BCUT2D eigenvalue weighted by molar-refractivity contribution is 5.81. The molecule has 1 aliphatic heterocycles. The minimum Gasteiger partial charge on any atom is -0.481 e. The van der Waals surface area contributed by atoms with Crippen LogP contribution in [0.15, 0.2) is 0 Å². The molecule has 1 N–H and O–H groups in total. The van der Waals surface area contributed by atoms with E-state index in [-0.39, 0.29) is 17.9 Å². The Hall–Kier alpha value is -1.26. The van der Waals surface area contributed by atoms with Gasteiger partial charge in [0.2, 0.25) is 0 Å². The summed E-state index contributed by atoms with van der Waals surface area (Å²) >= 11 is 0. The third-order valence-electron chi connectivity index (χ3n) is 2.81. The molecule has 84 valence electrons. The number of carbonyl (C=O) groups is 2. The van der Waals surface area contributed by atoms with Crippen molar-refractivity contribution in [2.45, 2.75) is 32.4 Å². The zero-order valence-corrected chi connectivity index (χ0v) is 9.06. The van der Waals surface area contributed by atoms with E-state index in [4.69, 9.17) is 9.84 Å². The quantitative estimate of drug-likeness (QED) is 0.703. The molecule has 0 aromatic rings. The van der Waals surface area contributed by atoms with Gasteiger partial charge in [-0.3, -0.25) is 4.79 Å². The van der Waals surface area contributed by atoms with Crippen molar-refractivity contribution < 1.29 is 19.4 Å². The van der Waals surface area contributed by atoms with Gasteiger partial charge < -0.3 is 14.7 Å². The minimum atomic E-state index is -0.809. The Bertz CT molecular complexity index is 320. The zero-order valence-electron chi connectivity index (χ0n) is 9.06. The summed E-state index contributed by atoms with van der Waals surface area (Å²) < 4.78 is 5.16. The molecule has 2 aliphatic rings. The maximum absolute atomic E-state index is 11.6. The van der Waals surface area contributed by atoms with Crippen LogP contribution in [0.4, 0.5) is 4.79 Å². The first-order valence-corrected chi connectivity index (χ1v) is 5.04. The molecule has 1 aliphatic carbocycles. The maximum atomic E-state index is 11.6. The smallest absolute Gasteiger partial charge is 0.410 e. The molecule has 5 nitrogen and oxygen atoms in total. The lowest BCUT2D eigenvalue weighted by Gasteiger charge is -2.32. The number of nitrogens with zero attached hydrogens (tertiary/aromatic N) is 1. The van der Waals surface area contributed by atoms with Crippen LogP contribution in [0, 0.1) is 11.8 Å². The molecule has 1 heterocycles. The molecule has 5 heteroatoms. The summed E-state index contributed by atoms with van der Waals surface area (Å²) in [5.74, 6) is -1.01. The lowest BCUT2D eigenvalue weighted by atomic mass is 10.2. The van der Waals surface area contributed by atoms with Crippen LogP contribution >= 0.6 is 0 Å². The Balaban J connectivity index is 1.89. The Morgan fingerprint density at radius 3 is 2.40 bits per heavy atom. The first kappa shape index (κ1) is 10.3. The van der Waals surface area contributed by atoms with Crippen LogP contribution < -0.4 is 0 Å². The van der Waals surface area contributed by atoms with E-state index in [9.17, 15) is 9.59 Å². The number of carboxylic acids is 1. The Labute approximate surface area is 88.0 Å². The van der Waals surface area contributed by atoms with Crippen LogP contribution in [0.2, 0.25) is 0 Å². The fraction of sp³-hybridized carbons (Fsp3) is 0.800. The summed E-state index contributed by atoms with van der Waals surface area (Å²) in [5, 5.41) is 8.79. The Morgan fingerprint density at radius 1 is 1.40 bits per heavy atom. The SMILES string of the molecule is CC(C)(C)OC(=O)N1CC2C(C(=O)O)C21. The molecule has 1 amide bonds. The molecule has 0 spiro atoms. The molecule has 15 heavy (non-hydrogen) atoms. The first-order valence-electron chi connectivity index (χ1n) is 5.04. The maximum Gasteiger partial charge on any atom is 0.410 e. The fourth-order valence-corrected chi connectivity index (χ4v) is 2.06. The van der Waals surface area contributed by atoms with E-state index in [0.717, 1.165) is 0 Å². The molecule has 0 radical (unpaired) electrons. The summed E-state index contributed by atoms with van der Waals surface area (Å²) in [7, 11) is 0. The van der Waals surface area contributed by atoms with Gasteiger partial charge in [-0.25, -0.2) is 4.79 Å². The van der Waals surface area contributed by atoms with Gasteiger partial charge in [0.25, 0.3) is 0 Å². The number of aliphatic carboxylic acids is 1. The Kier molecular flexibility index (Phi) is 1.96. The van der Waals surface area contributed by atoms with Crippen molar-refractivity contribution in [1.29, 1.82) is 0 Å². The number of rotatable bonds is 1. The summed E-state index contributed by atoms with van der Waals surface area (Å²) in [6.07, 6.45) is -0.396. The number of amides is 1. The number of carbonyl (C=O) groups excluding carboxylic acids is 1. The number of hydrogen-bond acceptors (Lipinski definition) is 3. The van der Waals surface area contributed by atoms with Crippen molar-refractivity contribution in [1.82, 2.24) is 4.90 Å². The predicted octanol–water partition coefficient (Wildman–Crippen LogP) is 0.936. The van der Waals surface area contributed by atoms with Crippen LogP contribution in [0.1, 0.15) is 20.8 Å². The summed E-state index contributed by atoms with van der Waals surface area (Å²) in [5.41, 5.74) is -0.518. The van der Waals surface area contributed by atoms with Crippen LogP contribution in [-0.4, -0.2) is 40.3 Å². The lowest BCUT2D eigenvalue weighted by molar-refractivity contribution is -0.138. The van der Waals surface area contributed by atoms with Crippen molar-refractivity contribution in [3.05, 3.63) is 0 Å². The van der Waals surface area contributed by atoms with Gasteiger partial charge in [0, 0.05) is 12.5 Å². The normalized spacial score (nSPS) is 32.7. The molecule has 1 saturated carbocycles. The fourth-order valence-electron chi connectivity index (χ4n) is 2.06. The highest BCUT2D eigenvalue weighted by Crippen LogP contribution is 2.52. The highest BCUT2D eigenvalue weighted by atomic mass is 16.6. The van der Waals surface area contributed by atoms with Gasteiger partial charge in [-0.05, 0) is 20.8 Å². The monoisotopic (exact) mass is 213 g/mol. The van der Waals surface area contributed by atoms with E-state index in [2.05, 4.69) is 0 Å². The average molecular weight is 213 g/mol. The van der Waals surface area contributed by atoms with Gasteiger partial charge >= 0.3 is 12.1 Å². The minimum absolute atomic E-state index is 0.114. The van der Waals surface area contributed by atoms with Crippen LogP contribution in [0.25, 0.3) is 0 Å². The van der Waals surface area contributed by atoms with Crippen molar-refractivity contribution in [3.63, 3.8) is 0 Å².